The summed E-state index contributed by atoms with van der Waals surface area (Å²) >= 11 is 0. The van der Waals surface area contributed by atoms with Crippen molar-refractivity contribution in [3.05, 3.63) is 59.9 Å². The Bertz CT molecular complexity index is 696. The number of aryl methyl sites for hydroxylation is 1. The van der Waals surface area contributed by atoms with E-state index in [4.69, 9.17) is 9.76 Å². The lowest BCUT2D eigenvalue weighted by atomic mass is 10.2. The Hall–Kier alpha value is -2.25. The van der Waals surface area contributed by atoms with Crippen LogP contribution in [-0.2, 0) is 10.1 Å². The molecule has 2 aromatic rings. The molecule has 0 aliphatic heterocycles. The van der Waals surface area contributed by atoms with Gasteiger partial charge in [0.25, 0.3) is 10.1 Å². The fourth-order valence-corrected chi connectivity index (χ4v) is 1.82. The van der Waals surface area contributed by atoms with Gasteiger partial charge in [0, 0.05) is 6.20 Å². The second kappa shape index (κ2) is 7.51. The molecular formula is C14H16N2O4S. The Labute approximate surface area is 123 Å². The number of oxime groups is 1. The predicted octanol–water partition coefficient (Wildman–Crippen LogP) is 2.52. The minimum atomic E-state index is -4.02. The zero-order chi connectivity index (χ0) is 15.9. The molecule has 2 rings (SSSR count). The number of aromatic nitrogens is 1. The lowest BCUT2D eigenvalue weighted by Gasteiger charge is -1.95. The fourth-order valence-electron chi connectivity index (χ4n) is 1.34. The van der Waals surface area contributed by atoms with E-state index >= 15 is 0 Å². The summed E-state index contributed by atoms with van der Waals surface area (Å²) in [5.41, 5.74) is 2.18. The van der Waals surface area contributed by atoms with Crippen molar-refractivity contribution < 1.29 is 18.2 Å². The van der Waals surface area contributed by atoms with E-state index in [9.17, 15) is 8.42 Å². The molecule has 0 radical (unpaired) electrons. The summed E-state index contributed by atoms with van der Waals surface area (Å²) in [6, 6.07) is 11.4. The molecule has 0 spiro atoms. The first-order valence-electron chi connectivity index (χ1n) is 5.99. The van der Waals surface area contributed by atoms with Gasteiger partial charge >= 0.3 is 0 Å². The molecule has 0 saturated carbocycles. The van der Waals surface area contributed by atoms with Gasteiger partial charge in [-0.2, -0.15) is 8.42 Å². The maximum Gasteiger partial charge on any atom is 0.294 e. The molecule has 0 aliphatic carbocycles. The van der Waals surface area contributed by atoms with Crippen molar-refractivity contribution in [3.63, 3.8) is 0 Å². The van der Waals surface area contributed by atoms with E-state index in [0.29, 0.717) is 11.4 Å². The van der Waals surface area contributed by atoms with Crippen molar-refractivity contribution in [2.24, 2.45) is 5.16 Å². The molecule has 21 heavy (non-hydrogen) atoms. The monoisotopic (exact) mass is 308 g/mol. The maximum absolute atomic E-state index is 10.5. The number of nitrogens with zero attached hydrogens (tertiary/aromatic N) is 2. The van der Waals surface area contributed by atoms with Crippen LogP contribution in [0.3, 0.4) is 0 Å². The summed E-state index contributed by atoms with van der Waals surface area (Å²) in [6.45, 7) is 3.54. The average molecular weight is 308 g/mol. The van der Waals surface area contributed by atoms with Crippen LogP contribution in [0.15, 0.2) is 58.7 Å². The van der Waals surface area contributed by atoms with E-state index < -0.39 is 10.1 Å². The molecular weight excluding hydrogens is 292 g/mol. The molecule has 0 saturated heterocycles. The van der Waals surface area contributed by atoms with Gasteiger partial charge in [0.1, 0.15) is 5.71 Å². The van der Waals surface area contributed by atoms with E-state index in [0.717, 1.165) is 5.56 Å². The average Bonchev–Trinajstić information content (AvgIpc) is 2.47. The third-order valence-corrected chi connectivity index (χ3v) is 3.37. The number of benzene rings is 1. The summed E-state index contributed by atoms with van der Waals surface area (Å²) in [7, 11) is -4.02. The summed E-state index contributed by atoms with van der Waals surface area (Å²) in [5, 5.41) is 11.3. The Morgan fingerprint density at radius 3 is 2.19 bits per heavy atom. The molecule has 0 fully saturated rings. The van der Waals surface area contributed by atoms with Gasteiger partial charge in [0.05, 0.1) is 10.6 Å². The van der Waals surface area contributed by atoms with Crippen LogP contribution in [0.25, 0.3) is 0 Å². The Morgan fingerprint density at radius 1 is 1.14 bits per heavy atom. The normalized spacial score (nSPS) is 11.5. The first kappa shape index (κ1) is 16.8. The van der Waals surface area contributed by atoms with Crippen molar-refractivity contribution in [2.45, 2.75) is 18.7 Å². The van der Waals surface area contributed by atoms with Gasteiger partial charge in [-0.25, -0.2) is 0 Å². The van der Waals surface area contributed by atoms with E-state index in [1.807, 2.05) is 19.1 Å². The molecule has 1 aromatic heterocycles. The highest BCUT2D eigenvalue weighted by atomic mass is 32.2. The van der Waals surface area contributed by atoms with E-state index in [1.54, 1.807) is 31.3 Å². The summed E-state index contributed by atoms with van der Waals surface area (Å²) in [6.07, 6.45) is 1.66. The second-order valence-electron chi connectivity index (χ2n) is 4.19. The minimum absolute atomic E-state index is 0.0666. The number of rotatable bonds is 2. The van der Waals surface area contributed by atoms with Crippen LogP contribution in [0.4, 0.5) is 0 Å². The molecule has 0 unspecified atom stereocenters. The lowest BCUT2D eigenvalue weighted by molar-refractivity contribution is 0.319. The minimum Gasteiger partial charge on any atom is -0.411 e. The van der Waals surface area contributed by atoms with Crippen molar-refractivity contribution in [1.29, 1.82) is 0 Å². The van der Waals surface area contributed by atoms with Crippen LogP contribution in [0, 0.1) is 6.92 Å². The Morgan fingerprint density at radius 2 is 1.76 bits per heavy atom. The number of pyridine rings is 1. The van der Waals surface area contributed by atoms with Crippen LogP contribution in [0.2, 0.25) is 0 Å². The highest BCUT2D eigenvalue weighted by molar-refractivity contribution is 7.85. The maximum atomic E-state index is 10.5. The van der Waals surface area contributed by atoms with Gasteiger partial charge in [-0.15, -0.1) is 0 Å². The zero-order valence-corrected chi connectivity index (χ0v) is 12.4. The van der Waals surface area contributed by atoms with Crippen LogP contribution in [0.5, 0.6) is 0 Å². The molecule has 0 aliphatic rings. The van der Waals surface area contributed by atoms with E-state index in [2.05, 4.69) is 10.1 Å². The zero-order valence-electron chi connectivity index (χ0n) is 11.6. The molecule has 0 atom stereocenters. The molecule has 1 aromatic carbocycles. The molecule has 112 valence electrons. The van der Waals surface area contributed by atoms with Crippen LogP contribution < -0.4 is 0 Å². The molecule has 1 heterocycles. The van der Waals surface area contributed by atoms with Crippen molar-refractivity contribution in [2.75, 3.05) is 0 Å². The first-order valence-corrected chi connectivity index (χ1v) is 7.43. The van der Waals surface area contributed by atoms with Crippen LogP contribution >= 0.6 is 0 Å². The van der Waals surface area contributed by atoms with Crippen LogP contribution in [0.1, 0.15) is 18.2 Å². The molecule has 0 amide bonds. The van der Waals surface area contributed by atoms with Gasteiger partial charge in [-0.05, 0) is 38.1 Å². The van der Waals surface area contributed by atoms with Crippen LogP contribution in [-0.4, -0.2) is 28.9 Å². The number of hydrogen-bond acceptors (Lipinski definition) is 5. The largest absolute Gasteiger partial charge is 0.411 e. The lowest BCUT2D eigenvalue weighted by Crippen LogP contribution is -1.96. The summed E-state index contributed by atoms with van der Waals surface area (Å²) in [5.74, 6) is 0. The van der Waals surface area contributed by atoms with E-state index in [1.165, 1.54) is 12.1 Å². The third kappa shape index (κ3) is 5.72. The summed E-state index contributed by atoms with van der Waals surface area (Å²) in [4.78, 5) is 3.89. The van der Waals surface area contributed by atoms with Gasteiger partial charge < -0.3 is 5.21 Å². The smallest absolute Gasteiger partial charge is 0.294 e. The van der Waals surface area contributed by atoms with Crippen molar-refractivity contribution in [3.8, 4) is 0 Å². The number of hydrogen-bond donors (Lipinski definition) is 2. The van der Waals surface area contributed by atoms with Gasteiger partial charge in [-0.3, -0.25) is 9.54 Å². The molecule has 2 N–H and O–H groups in total. The Balaban J connectivity index is 0.000000211. The topological polar surface area (TPSA) is 99.9 Å². The van der Waals surface area contributed by atoms with Gasteiger partial charge in [0.15, 0.2) is 0 Å². The SMILES string of the molecule is C/C(=N\O)c1ccccn1.Cc1ccc(S(=O)(=O)O)cc1. The molecule has 6 nitrogen and oxygen atoms in total. The van der Waals surface area contributed by atoms with Crippen molar-refractivity contribution in [1.82, 2.24) is 4.98 Å². The first-order chi connectivity index (χ1) is 9.84. The molecule has 0 bridgehead atoms. The summed E-state index contributed by atoms with van der Waals surface area (Å²) < 4.78 is 29.6. The predicted molar refractivity (Wildman–Crippen MR) is 79.2 cm³/mol. The van der Waals surface area contributed by atoms with Crippen molar-refractivity contribution >= 4 is 15.8 Å². The van der Waals surface area contributed by atoms with Gasteiger partial charge in [0.2, 0.25) is 0 Å². The van der Waals surface area contributed by atoms with E-state index in [-0.39, 0.29) is 4.90 Å². The quantitative estimate of drug-likeness (QED) is 0.384. The highest BCUT2D eigenvalue weighted by Crippen LogP contribution is 2.08. The standard InChI is InChI=1S/C7H8N2O.C7H8O3S/c1-6(9-10)7-4-2-3-5-8-7;1-6-2-4-7(5-3-6)11(8,9)10/h2-5,10H,1H3;2-5H,1H3,(H,8,9,10)/b9-6+;. The fraction of sp³-hybridized carbons (Fsp3) is 0.143. The Kier molecular flexibility index (Phi) is 6.01. The molecule has 7 heteroatoms. The van der Waals surface area contributed by atoms with Gasteiger partial charge in [-0.1, -0.05) is 28.9 Å². The highest BCUT2D eigenvalue weighted by Gasteiger charge is 2.06. The third-order valence-electron chi connectivity index (χ3n) is 2.50. The second-order valence-corrected chi connectivity index (χ2v) is 5.61.